The largest absolute Gasteiger partial charge is 0.379 e. The van der Waals surface area contributed by atoms with Gasteiger partial charge in [0.2, 0.25) is 5.95 Å². The molecule has 3 aromatic rings. The fraction of sp³-hybridized carbons (Fsp3) is 0.407. The highest BCUT2D eigenvalue weighted by Crippen LogP contribution is 2.32. The Labute approximate surface area is 221 Å². The van der Waals surface area contributed by atoms with Crippen LogP contribution in [0.4, 0.5) is 11.6 Å². The van der Waals surface area contributed by atoms with Gasteiger partial charge in [0.25, 0.3) is 5.56 Å². The number of rotatable bonds is 7. The fourth-order valence-corrected chi connectivity index (χ4v) is 5.42. The van der Waals surface area contributed by atoms with E-state index in [-0.39, 0.29) is 5.56 Å². The lowest BCUT2D eigenvalue weighted by Gasteiger charge is -2.39. The molecule has 0 N–H and O–H groups in total. The van der Waals surface area contributed by atoms with Gasteiger partial charge in [-0.15, -0.1) is 0 Å². The van der Waals surface area contributed by atoms with Gasteiger partial charge < -0.3 is 4.74 Å². The number of fused-ring (bicyclic) bond motifs is 1. The molecule has 5 rings (SSSR count). The predicted molar refractivity (Wildman–Crippen MR) is 145 cm³/mol. The van der Waals surface area contributed by atoms with Gasteiger partial charge in [-0.25, -0.2) is 4.98 Å². The van der Waals surface area contributed by atoms with Gasteiger partial charge in [-0.2, -0.15) is 0 Å². The zero-order valence-electron chi connectivity index (χ0n) is 20.5. The standard InChI is InChI=1S/C27H31Cl2N5O2/c1-20-25(14-21-6-3-2-4-7-21)26(35)34-19-32(9-5-8-31-10-12-36-13-11-31)18-33(27(34)30-20)24-16-22(28)15-23(29)17-24/h2-4,6-7,15-17H,5,8-14,18-19H2,1H3. The SMILES string of the molecule is Cc1nc2n(c(=O)c1Cc1ccccc1)CN(CCCN1CCOCC1)CN2c1cc(Cl)cc(Cl)c1. The summed E-state index contributed by atoms with van der Waals surface area (Å²) in [6.07, 6.45) is 1.56. The number of morpholine rings is 1. The summed E-state index contributed by atoms with van der Waals surface area (Å²) in [5.74, 6) is 0.622. The predicted octanol–water partition coefficient (Wildman–Crippen LogP) is 4.54. The number of aryl methyl sites for hydroxylation is 1. The number of aromatic nitrogens is 2. The van der Waals surface area contributed by atoms with Gasteiger partial charge in [0.1, 0.15) is 0 Å². The van der Waals surface area contributed by atoms with E-state index < -0.39 is 0 Å². The summed E-state index contributed by atoms with van der Waals surface area (Å²) in [5, 5.41) is 1.10. The molecule has 190 valence electrons. The van der Waals surface area contributed by atoms with E-state index in [9.17, 15) is 4.79 Å². The van der Waals surface area contributed by atoms with Crippen molar-refractivity contribution in [1.82, 2.24) is 19.4 Å². The Balaban J connectivity index is 1.46. The van der Waals surface area contributed by atoms with Gasteiger partial charge in [0.15, 0.2) is 0 Å². The molecule has 9 heteroatoms. The summed E-state index contributed by atoms with van der Waals surface area (Å²) >= 11 is 12.7. The van der Waals surface area contributed by atoms with E-state index in [1.807, 2.05) is 54.3 Å². The second-order valence-electron chi connectivity index (χ2n) is 9.41. The third-order valence-electron chi connectivity index (χ3n) is 6.81. The first-order valence-electron chi connectivity index (χ1n) is 12.4. The summed E-state index contributed by atoms with van der Waals surface area (Å²) in [7, 11) is 0. The molecule has 0 bridgehead atoms. The van der Waals surface area contributed by atoms with Gasteiger partial charge >= 0.3 is 0 Å². The van der Waals surface area contributed by atoms with Crippen molar-refractivity contribution in [1.29, 1.82) is 0 Å². The maximum absolute atomic E-state index is 13.8. The number of anilines is 2. The third kappa shape index (κ3) is 5.76. The lowest BCUT2D eigenvalue weighted by molar-refractivity contribution is 0.0354. The molecule has 1 aromatic heterocycles. The molecular weight excluding hydrogens is 497 g/mol. The van der Waals surface area contributed by atoms with E-state index in [1.54, 1.807) is 10.6 Å². The number of halogens is 2. The van der Waals surface area contributed by atoms with Crippen LogP contribution in [0.2, 0.25) is 10.0 Å². The Kier molecular flexibility index (Phi) is 7.93. The lowest BCUT2D eigenvalue weighted by atomic mass is 10.1. The van der Waals surface area contributed by atoms with Crippen LogP contribution in [0.1, 0.15) is 23.2 Å². The zero-order chi connectivity index (χ0) is 25.1. The molecule has 2 aliphatic heterocycles. The Morgan fingerprint density at radius 2 is 1.64 bits per heavy atom. The van der Waals surface area contributed by atoms with Crippen molar-refractivity contribution in [3.8, 4) is 0 Å². The van der Waals surface area contributed by atoms with Crippen LogP contribution in [0.5, 0.6) is 0 Å². The molecule has 0 unspecified atom stereocenters. The van der Waals surface area contributed by atoms with Crippen molar-refractivity contribution < 1.29 is 4.74 Å². The van der Waals surface area contributed by atoms with E-state index in [0.29, 0.717) is 35.8 Å². The van der Waals surface area contributed by atoms with E-state index in [4.69, 9.17) is 32.9 Å². The van der Waals surface area contributed by atoms with Crippen LogP contribution in [-0.4, -0.2) is 65.4 Å². The summed E-state index contributed by atoms with van der Waals surface area (Å²) in [4.78, 5) is 25.5. The van der Waals surface area contributed by atoms with Gasteiger partial charge in [-0.1, -0.05) is 53.5 Å². The minimum Gasteiger partial charge on any atom is -0.379 e. The van der Waals surface area contributed by atoms with Crippen molar-refractivity contribution in [2.45, 2.75) is 26.4 Å². The molecule has 1 fully saturated rings. The van der Waals surface area contributed by atoms with Crippen molar-refractivity contribution in [2.24, 2.45) is 0 Å². The quantitative estimate of drug-likeness (QED) is 0.449. The van der Waals surface area contributed by atoms with E-state index in [2.05, 4.69) is 9.80 Å². The summed E-state index contributed by atoms with van der Waals surface area (Å²) in [6, 6.07) is 15.5. The number of hydrogen-bond donors (Lipinski definition) is 0. The van der Waals surface area contributed by atoms with Crippen LogP contribution in [0.15, 0.2) is 53.3 Å². The number of nitrogens with zero attached hydrogens (tertiary/aromatic N) is 5. The van der Waals surface area contributed by atoms with Crippen molar-refractivity contribution in [2.75, 3.05) is 51.0 Å². The van der Waals surface area contributed by atoms with Gasteiger partial charge in [-0.3, -0.25) is 24.1 Å². The molecule has 0 amide bonds. The van der Waals surface area contributed by atoms with Crippen molar-refractivity contribution >= 4 is 34.8 Å². The van der Waals surface area contributed by atoms with Gasteiger partial charge in [-0.05, 0) is 43.7 Å². The first-order valence-corrected chi connectivity index (χ1v) is 13.1. The third-order valence-corrected chi connectivity index (χ3v) is 7.24. The monoisotopic (exact) mass is 527 g/mol. The summed E-state index contributed by atoms with van der Waals surface area (Å²) in [6.45, 7) is 8.42. The molecule has 0 saturated carbocycles. The van der Waals surface area contributed by atoms with E-state index in [1.165, 1.54) is 0 Å². The van der Waals surface area contributed by atoms with E-state index >= 15 is 0 Å². The number of hydrogen-bond acceptors (Lipinski definition) is 6. The maximum Gasteiger partial charge on any atom is 0.259 e. The molecule has 36 heavy (non-hydrogen) atoms. The van der Waals surface area contributed by atoms with Gasteiger partial charge in [0, 0.05) is 47.4 Å². The molecule has 1 saturated heterocycles. The molecule has 0 radical (unpaired) electrons. The fourth-order valence-electron chi connectivity index (χ4n) is 4.91. The average Bonchev–Trinajstić information content (AvgIpc) is 2.87. The van der Waals surface area contributed by atoms with Crippen LogP contribution in [0.25, 0.3) is 0 Å². The van der Waals surface area contributed by atoms with Gasteiger partial charge in [0.05, 0.1) is 32.2 Å². The summed E-state index contributed by atoms with van der Waals surface area (Å²) < 4.78 is 7.26. The van der Waals surface area contributed by atoms with Crippen LogP contribution in [-0.2, 0) is 17.8 Å². The molecular formula is C27H31Cl2N5O2. The molecule has 7 nitrogen and oxygen atoms in total. The first-order chi connectivity index (χ1) is 17.5. The molecule has 0 atom stereocenters. The minimum absolute atomic E-state index is 0.00245. The Morgan fingerprint density at radius 1 is 0.944 bits per heavy atom. The second kappa shape index (κ2) is 11.3. The molecule has 2 aromatic carbocycles. The highest BCUT2D eigenvalue weighted by atomic mass is 35.5. The van der Waals surface area contributed by atoms with Crippen molar-refractivity contribution in [3.63, 3.8) is 0 Å². The van der Waals surface area contributed by atoms with Crippen LogP contribution >= 0.6 is 23.2 Å². The van der Waals surface area contributed by atoms with E-state index in [0.717, 1.165) is 68.3 Å². The second-order valence-corrected chi connectivity index (χ2v) is 10.3. The maximum atomic E-state index is 13.8. The number of benzene rings is 2. The minimum atomic E-state index is -0.00245. The average molecular weight is 528 g/mol. The topological polar surface area (TPSA) is 53.8 Å². The zero-order valence-corrected chi connectivity index (χ0v) is 22.0. The van der Waals surface area contributed by atoms with Crippen molar-refractivity contribution in [3.05, 3.63) is 85.8 Å². The Morgan fingerprint density at radius 3 is 2.36 bits per heavy atom. The number of ether oxygens (including phenoxy) is 1. The highest BCUT2D eigenvalue weighted by Gasteiger charge is 2.28. The first kappa shape index (κ1) is 25.2. The van der Waals surface area contributed by atoms with Crippen LogP contribution in [0.3, 0.4) is 0 Å². The molecule has 3 heterocycles. The highest BCUT2D eigenvalue weighted by molar-refractivity contribution is 6.35. The van der Waals surface area contributed by atoms with Crippen LogP contribution in [0, 0.1) is 6.92 Å². The molecule has 2 aliphatic rings. The van der Waals surface area contributed by atoms with Crippen LogP contribution < -0.4 is 10.5 Å². The summed E-state index contributed by atoms with van der Waals surface area (Å²) in [5.41, 5.74) is 3.38. The Bertz CT molecular complexity index is 1240. The Hall–Kier alpha value is -2.42. The smallest absolute Gasteiger partial charge is 0.259 e. The lowest BCUT2D eigenvalue weighted by Crippen LogP contribution is -2.48. The normalized spacial score (nSPS) is 16.8. The molecule has 0 aliphatic carbocycles. The molecule has 0 spiro atoms.